The Morgan fingerprint density at radius 1 is 1.00 bits per heavy atom. The number of hydrogen-bond donors (Lipinski definition) is 0. The smallest absolute Gasteiger partial charge is 0.189 e. The maximum Gasteiger partial charge on any atom is 0.189 e. The van der Waals surface area contributed by atoms with Crippen LogP contribution in [0.25, 0.3) is 10.8 Å². The molecule has 0 unspecified atom stereocenters. The van der Waals surface area contributed by atoms with E-state index in [1.165, 1.54) is 0 Å². The molecular weight excluding hydrogens is 172 g/mol. The Hall–Kier alpha value is -1.50. The van der Waals surface area contributed by atoms with Gasteiger partial charge in [-0.25, -0.2) is 0 Å². The summed E-state index contributed by atoms with van der Waals surface area (Å²) in [5.41, 5.74) is 0.906. The van der Waals surface area contributed by atoms with Gasteiger partial charge in [0.15, 0.2) is 5.75 Å². The summed E-state index contributed by atoms with van der Waals surface area (Å²) >= 11 is 0. The van der Waals surface area contributed by atoms with Gasteiger partial charge in [-0.15, -0.1) is 0 Å². The van der Waals surface area contributed by atoms with Crippen molar-refractivity contribution in [2.75, 3.05) is 0 Å². The maximum atomic E-state index is 12.0. The molecule has 2 aromatic rings. The highest BCUT2D eigenvalue weighted by Gasteiger charge is 2.10. The van der Waals surface area contributed by atoms with Crippen molar-refractivity contribution in [3.8, 4) is 5.75 Å². The molecule has 0 bridgehead atoms. The number of rotatable bonds is 1. The zero-order chi connectivity index (χ0) is 10.1. The van der Waals surface area contributed by atoms with Crippen LogP contribution in [0.2, 0.25) is 0 Å². The van der Waals surface area contributed by atoms with E-state index in [0.717, 1.165) is 16.3 Å². The lowest BCUT2D eigenvalue weighted by molar-refractivity contribution is 0.353. The molecule has 0 N–H and O–H groups in total. The van der Waals surface area contributed by atoms with Crippen molar-refractivity contribution in [2.24, 2.45) is 0 Å². The van der Waals surface area contributed by atoms with Crippen LogP contribution in [0.3, 0.4) is 0 Å². The lowest BCUT2D eigenvalue weighted by Gasteiger charge is -2.08. The Bertz CT molecular complexity index is 458. The Morgan fingerprint density at radius 3 is 2.43 bits per heavy atom. The minimum Gasteiger partial charge on any atom is -0.289 e. The summed E-state index contributed by atoms with van der Waals surface area (Å²) in [4.78, 5) is 0. The second-order valence-electron chi connectivity index (χ2n) is 3.86. The lowest BCUT2D eigenvalue weighted by atomic mass is 9.98. The fourth-order valence-corrected chi connectivity index (χ4v) is 1.71. The van der Waals surface area contributed by atoms with Crippen LogP contribution in [-0.4, -0.2) is 0 Å². The van der Waals surface area contributed by atoms with Crippen LogP contribution in [0, 0.1) is 0 Å². The molecule has 0 aliphatic heterocycles. The molecule has 0 aromatic heterocycles. The third-order valence-corrected chi connectivity index (χ3v) is 2.53. The molecule has 0 saturated carbocycles. The van der Waals surface area contributed by atoms with Gasteiger partial charge in [-0.2, -0.15) is 0 Å². The van der Waals surface area contributed by atoms with Gasteiger partial charge in [0.2, 0.25) is 0 Å². The summed E-state index contributed by atoms with van der Waals surface area (Å²) in [7, 11) is 0. The molecule has 2 aromatic carbocycles. The Balaban J connectivity index is 2.75. The standard InChI is InChI=1S/C13H13O/c1-9(2)11-8-7-10-5-3-4-6-12(10)13(11)14/h3-9H,1-2H3. The van der Waals surface area contributed by atoms with Crippen molar-refractivity contribution < 1.29 is 5.11 Å². The second-order valence-corrected chi connectivity index (χ2v) is 3.86. The Kier molecular flexibility index (Phi) is 2.16. The predicted molar refractivity (Wildman–Crippen MR) is 58.2 cm³/mol. The summed E-state index contributed by atoms with van der Waals surface area (Å²) in [6.07, 6.45) is 0. The molecule has 2 rings (SSSR count). The highest BCUT2D eigenvalue weighted by molar-refractivity contribution is 5.89. The first-order valence-electron chi connectivity index (χ1n) is 4.89. The fraction of sp³-hybridized carbons (Fsp3) is 0.231. The van der Waals surface area contributed by atoms with Gasteiger partial charge in [0.05, 0.1) is 0 Å². The molecular formula is C13H13O. The van der Waals surface area contributed by atoms with E-state index in [2.05, 4.69) is 0 Å². The first-order chi connectivity index (χ1) is 6.70. The summed E-state index contributed by atoms with van der Waals surface area (Å²) in [5.74, 6) is 0.477. The van der Waals surface area contributed by atoms with Crippen LogP contribution < -0.4 is 0 Å². The third kappa shape index (κ3) is 1.35. The molecule has 0 amide bonds. The van der Waals surface area contributed by atoms with E-state index < -0.39 is 0 Å². The van der Waals surface area contributed by atoms with Crippen LogP contribution in [0.1, 0.15) is 25.3 Å². The maximum absolute atomic E-state index is 12.0. The predicted octanol–water partition coefficient (Wildman–Crippen LogP) is 4.11. The zero-order valence-electron chi connectivity index (χ0n) is 8.45. The van der Waals surface area contributed by atoms with Gasteiger partial charge in [0.25, 0.3) is 0 Å². The number of benzene rings is 2. The van der Waals surface area contributed by atoms with Crippen molar-refractivity contribution in [2.45, 2.75) is 19.8 Å². The minimum atomic E-state index is 0.179. The van der Waals surface area contributed by atoms with E-state index in [4.69, 9.17) is 0 Å². The topological polar surface area (TPSA) is 19.9 Å². The highest BCUT2D eigenvalue weighted by Crippen LogP contribution is 2.33. The van der Waals surface area contributed by atoms with Gasteiger partial charge >= 0.3 is 0 Å². The van der Waals surface area contributed by atoms with E-state index in [1.54, 1.807) is 0 Å². The normalized spacial score (nSPS) is 11.1. The molecule has 0 heterocycles. The van der Waals surface area contributed by atoms with Crippen LogP contribution in [-0.2, 0) is 5.11 Å². The fourth-order valence-electron chi connectivity index (χ4n) is 1.71. The van der Waals surface area contributed by atoms with E-state index in [-0.39, 0.29) is 5.75 Å². The van der Waals surface area contributed by atoms with Crippen molar-refractivity contribution >= 4 is 10.8 Å². The van der Waals surface area contributed by atoms with E-state index in [0.29, 0.717) is 5.92 Å². The van der Waals surface area contributed by atoms with Gasteiger partial charge in [0.1, 0.15) is 0 Å². The molecule has 71 valence electrons. The van der Waals surface area contributed by atoms with E-state index in [9.17, 15) is 5.11 Å². The van der Waals surface area contributed by atoms with Crippen LogP contribution >= 0.6 is 0 Å². The minimum absolute atomic E-state index is 0.179. The molecule has 0 fully saturated rings. The molecule has 0 atom stereocenters. The highest BCUT2D eigenvalue weighted by atomic mass is 16.3. The van der Waals surface area contributed by atoms with Crippen LogP contribution in [0.5, 0.6) is 5.75 Å². The molecule has 1 heteroatoms. The summed E-state index contributed by atoms with van der Waals surface area (Å²) in [6, 6.07) is 11.7. The third-order valence-electron chi connectivity index (χ3n) is 2.53. The summed E-state index contributed by atoms with van der Waals surface area (Å²) < 4.78 is 0. The van der Waals surface area contributed by atoms with Crippen LogP contribution in [0.4, 0.5) is 0 Å². The number of hydrogen-bond acceptors (Lipinski definition) is 0. The monoisotopic (exact) mass is 185 g/mol. The van der Waals surface area contributed by atoms with Crippen molar-refractivity contribution in [3.63, 3.8) is 0 Å². The number of fused-ring (bicyclic) bond motifs is 1. The second kappa shape index (κ2) is 3.33. The SMILES string of the molecule is CC(C)c1ccc2ccccc2c1[O]. The van der Waals surface area contributed by atoms with E-state index in [1.807, 2.05) is 50.2 Å². The first kappa shape index (κ1) is 9.07. The average molecular weight is 185 g/mol. The van der Waals surface area contributed by atoms with Crippen LogP contribution in [0.15, 0.2) is 36.4 Å². The van der Waals surface area contributed by atoms with E-state index >= 15 is 0 Å². The van der Waals surface area contributed by atoms with Crippen molar-refractivity contribution in [3.05, 3.63) is 42.0 Å². The molecule has 0 saturated heterocycles. The molecule has 14 heavy (non-hydrogen) atoms. The van der Waals surface area contributed by atoms with Gasteiger partial charge in [-0.3, -0.25) is 5.11 Å². The van der Waals surface area contributed by atoms with Gasteiger partial charge in [0, 0.05) is 10.9 Å². The van der Waals surface area contributed by atoms with Gasteiger partial charge in [-0.05, 0) is 11.3 Å². The molecule has 1 radical (unpaired) electrons. The van der Waals surface area contributed by atoms with Gasteiger partial charge < -0.3 is 0 Å². The Morgan fingerprint density at radius 2 is 1.71 bits per heavy atom. The first-order valence-corrected chi connectivity index (χ1v) is 4.89. The summed E-state index contributed by atoms with van der Waals surface area (Å²) in [6.45, 7) is 4.09. The van der Waals surface area contributed by atoms with Gasteiger partial charge in [-0.1, -0.05) is 50.2 Å². The molecule has 0 aliphatic rings. The molecule has 0 spiro atoms. The largest absolute Gasteiger partial charge is 0.289 e. The summed E-state index contributed by atoms with van der Waals surface area (Å²) in [5, 5.41) is 13.8. The van der Waals surface area contributed by atoms with Crippen molar-refractivity contribution in [1.29, 1.82) is 0 Å². The Labute approximate surface area is 84.0 Å². The quantitative estimate of drug-likeness (QED) is 0.637. The van der Waals surface area contributed by atoms with Crippen molar-refractivity contribution in [1.82, 2.24) is 0 Å². The lowest BCUT2D eigenvalue weighted by Crippen LogP contribution is -1.87. The molecule has 1 nitrogen and oxygen atoms in total. The average Bonchev–Trinajstić information content (AvgIpc) is 2.18. The molecule has 0 aliphatic carbocycles. The zero-order valence-corrected chi connectivity index (χ0v) is 8.45.